The van der Waals surface area contributed by atoms with Gasteiger partial charge in [-0.1, -0.05) is 30.3 Å². The Morgan fingerprint density at radius 3 is 2.44 bits per heavy atom. The number of nitrogens with one attached hydrogen (secondary N) is 2. The molecule has 2 atom stereocenters. The molecule has 1 heterocycles. The maximum atomic E-state index is 12.5. The molecule has 3 rings (SSSR count). The highest BCUT2D eigenvalue weighted by Gasteiger charge is 2.27. The van der Waals surface area contributed by atoms with Crippen molar-refractivity contribution in [1.29, 1.82) is 0 Å². The molecule has 1 unspecified atom stereocenters. The van der Waals surface area contributed by atoms with E-state index in [9.17, 15) is 4.79 Å². The lowest BCUT2D eigenvalue weighted by Crippen LogP contribution is -3.17. The van der Waals surface area contributed by atoms with Crippen LogP contribution in [-0.4, -0.2) is 32.1 Å². The van der Waals surface area contributed by atoms with Gasteiger partial charge in [0.05, 0.1) is 20.2 Å². The van der Waals surface area contributed by atoms with Crippen LogP contribution in [0.1, 0.15) is 18.9 Å². The van der Waals surface area contributed by atoms with Crippen molar-refractivity contribution < 1.29 is 14.4 Å². The summed E-state index contributed by atoms with van der Waals surface area (Å²) in [5.41, 5.74) is 3.47. The molecule has 4 heteroatoms. The van der Waals surface area contributed by atoms with Crippen molar-refractivity contribution in [3.63, 3.8) is 0 Å². The first-order valence-electron chi connectivity index (χ1n) is 8.71. The van der Waals surface area contributed by atoms with Crippen LogP contribution in [0.2, 0.25) is 0 Å². The van der Waals surface area contributed by atoms with Crippen LogP contribution in [0.3, 0.4) is 0 Å². The number of ether oxygens (including phenoxy) is 1. The van der Waals surface area contributed by atoms with Crippen molar-refractivity contribution in [1.82, 2.24) is 0 Å². The second-order valence-electron chi connectivity index (χ2n) is 6.40. The highest BCUT2D eigenvalue weighted by molar-refractivity contribution is 5.93. The third kappa shape index (κ3) is 4.28. The van der Waals surface area contributed by atoms with Gasteiger partial charge in [0.15, 0.2) is 6.04 Å². The Labute approximate surface area is 149 Å². The summed E-state index contributed by atoms with van der Waals surface area (Å²) in [5.74, 6) is 0.836. The first kappa shape index (κ1) is 17.2. The fourth-order valence-electron chi connectivity index (χ4n) is 3.17. The number of carbonyl (C=O) groups excluding carboxylic acids is 1. The van der Waals surface area contributed by atoms with Crippen molar-refractivity contribution in [2.75, 3.05) is 25.5 Å². The van der Waals surface area contributed by atoms with Crippen molar-refractivity contribution in [2.45, 2.75) is 19.4 Å². The lowest BCUT2D eigenvalue weighted by molar-refractivity contribution is -0.909. The molecule has 1 aliphatic heterocycles. The van der Waals surface area contributed by atoms with Gasteiger partial charge in [0.25, 0.3) is 5.91 Å². The van der Waals surface area contributed by atoms with E-state index in [1.165, 1.54) is 16.0 Å². The number of rotatable bonds is 5. The number of amides is 1. The average molecular weight is 337 g/mol. The fraction of sp³-hybridized carbons (Fsp3) is 0.286. The summed E-state index contributed by atoms with van der Waals surface area (Å²) in [6, 6.07) is 17.8. The van der Waals surface area contributed by atoms with E-state index >= 15 is 0 Å². The minimum Gasteiger partial charge on any atom is -0.497 e. The van der Waals surface area contributed by atoms with Crippen molar-refractivity contribution >= 4 is 17.2 Å². The number of benzene rings is 2. The molecule has 2 aromatic carbocycles. The largest absolute Gasteiger partial charge is 0.497 e. The number of quaternary nitrogens is 1. The maximum absolute atomic E-state index is 12.5. The Kier molecular flexibility index (Phi) is 5.51. The molecular formula is C21H25N2O2+. The quantitative estimate of drug-likeness (QED) is 0.880. The van der Waals surface area contributed by atoms with E-state index in [4.69, 9.17) is 4.74 Å². The molecular weight excluding hydrogens is 312 g/mol. The van der Waals surface area contributed by atoms with Gasteiger partial charge in [-0.25, -0.2) is 0 Å². The molecule has 0 fully saturated rings. The van der Waals surface area contributed by atoms with Crippen LogP contribution in [0.5, 0.6) is 5.75 Å². The third-order valence-electron chi connectivity index (χ3n) is 4.83. The molecule has 2 N–H and O–H groups in total. The summed E-state index contributed by atoms with van der Waals surface area (Å²) in [7, 11) is 1.63. The minimum atomic E-state index is -0.0873. The predicted molar refractivity (Wildman–Crippen MR) is 101 cm³/mol. The van der Waals surface area contributed by atoms with Crippen LogP contribution < -0.4 is 15.0 Å². The van der Waals surface area contributed by atoms with Gasteiger partial charge in [0.2, 0.25) is 0 Å². The van der Waals surface area contributed by atoms with Gasteiger partial charge in [0.1, 0.15) is 5.75 Å². The molecule has 0 saturated heterocycles. The van der Waals surface area contributed by atoms with Crippen LogP contribution >= 0.6 is 0 Å². The number of hydrogen-bond acceptors (Lipinski definition) is 2. The van der Waals surface area contributed by atoms with Gasteiger partial charge >= 0.3 is 0 Å². The Balaban J connectivity index is 1.58. The SMILES string of the molecule is COc1ccc(NC(=O)[C@@H](C)[NH+]2CC=C(c3ccccc3)CC2)cc1. The third-order valence-corrected chi connectivity index (χ3v) is 4.83. The zero-order valence-corrected chi connectivity index (χ0v) is 14.8. The summed E-state index contributed by atoms with van der Waals surface area (Å²) in [5, 5.41) is 3.00. The van der Waals surface area contributed by atoms with E-state index in [1.54, 1.807) is 7.11 Å². The molecule has 2 aromatic rings. The second-order valence-corrected chi connectivity index (χ2v) is 6.40. The molecule has 0 aromatic heterocycles. The number of methoxy groups -OCH3 is 1. The summed E-state index contributed by atoms with van der Waals surface area (Å²) < 4.78 is 5.14. The Bertz CT molecular complexity index is 738. The molecule has 130 valence electrons. The lowest BCUT2D eigenvalue weighted by atomic mass is 9.99. The standard InChI is InChI=1S/C21H24N2O2/c1-16(21(24)22-19-8-10-20(25-2)11-9-19)23-14-12-18(13-15-23)17-6-4-3-5-7-17/h3-12,16H,13-15H2,1-2H3,(H,22,24)/p+1/t16-/m1/s1. The van der Waals surface area contributed by atoms with Gasteiger partial charge in [-0.3, -0.25) is 4.79 Å². The minimum absolute atomic E-state index is 0.0525. The monoisotopic (exact) mass is 337 g/mol. The topological polar surface area (TPSA) is 42.8 Å². The van der Waals surface area contributed by atoms with Crippen LogP contribution in [0, 0.1) is 0 Å². The molecule has 1 aliphatic rings. The van der Waals surface area contributed by atoms with Crippen LogP contribution in [0.15, 0.2) is 60.7 Å². The van der Waals surface area contributed by atoms with Crippen LogP contribution in [-0.2, 0) is 4.79 Å². The summed E-state index contributed by atoms with van der Waals surface area (Å²) in [6.07, 6.45) is 3.27. The first-order chi connectivity index (χ1) is 12.2. The Morgan fingerprint density at radius 2 is 1.84 bits per heavy atom. The van der Waals surface area contributed by atoms with E-state index in [-0.39, 0.29) is 11.9 Å². The van der Waals surface area contributed by atoms with Gasteiger partial charge in [-0.05, 0) is 48.4 Å². The summed E-state index contributed by atoms with van der Waals surface area (Å²) >= 11 is 0. The fourth-order valence-corrected chi connectivity index (χ4v) is 3.17. The van der Waals surface area contributed by atoms with Gasteiger partial charge < -0.3 is 15.0 Å². The Hall–Kier alpha value is -2.59. The second kappa shape index (κ2) is 7.99. The van der Waals surface area contributed by atoms with Gasteiger partial charge in [-0.15, -0.1) is 0 Å². The molecule has 0 radical (unpaired) electrons. The van der Waals surface area contributed by atoms with Gasteiger partial charge in [0, 0.05) is 12.1 Å². The van der Waals surface area contributed by atoms with Crippen molar-refractivity contribution in [2.24, 2.45) is 0 Å². The smallest absolute Gasteiger partial charge is 0.282 e. The molecule has 0 bridgehead atoms. The van der Waals surface area contributed by atoms with Crippen LogP contribution in [0.4, 0.5) is 5.69 Å². The Morgan fingerprint density at radius 1 is 1.12 bits per heavy atom. The molecule has 1 amide bonds. The van der Waals surface area contributed by atoms with E-state index < -0.39 is 0 Å². The highest BCUT2D eigenvalue weighted by Crippen LogP contribution is 2.18. The maximum Gasteiger partial charge on any atom is 0.282 e. The molecule has 25 heavy (non-hydrogen) atoms. The molecule has 0 spiro atoms. The highest BCUT2D eigenvalue weighted by atomic mass is 16.5. The van der Waals surface area contributed by atoms with Crippen LogP contribution in [0.25, 0.3) is 5.57 Å². The van der Waals surface area contributed by atoms with E-state index in [0.717, 1.165) is 30.9 Å². The lowest BCUT2D eigenvalue weighted by Gasteiger charge is -2.28. The predicted octanol–water partition coefficient (Wildman–Crippen LogP) is 2.39. The number of hydrogen-bond donors (Lipinski definition) is 2. The van der Waals surface area contributed by atoms with E-state index in [2.05, 4.69) is 35.7 Å². The van der Waals surface area contributed by atoms with E-state index in [0.29, 0.717) is 0 Å². The zero-order chi connectivity index (χ0) is 17.6. The number of carbonyl (C=O) groups is 1. The molecule has 0 saturated carbocycles. The van der Waals surface area contributed by atoms with E-state index in [1.807, 2.05) is 37.3 Å². The summed E-state index contributed by atoms with van der Waals surface area (Å²) in [4.78, 5) is 13.8. The first-order valence-corrected chi connectivity index (χ1v) is 8.71. The number of anilines is 1. The van der Waals surface area contributed by atoms with Crippen molar-refractivity contribution in [3.05, 3.63) is 66.2 Å². The molecule has 4 nitrogen and oxygen atoms in total. The molecule has 0 aliphatic carbocycles. The normalized spacial score (nSPS) is 18.2. The van der Waals surface area contributed by atoms with Gasteiger partial charge in [-0.2, -0.15) is 0 Å². The van der Waals surface area contributed by atoms with Crippen molar-refractivity contribution in [3.8, 4) is 5.75 Å². The zero-order valence-electron chi connectivity index (χ0n) is 14.8. The average Bonchev–Trinajstić information content (AvgIpc) is 2.69. The summed E-state index contributed by atoms with van der Waals surface area (Å²) in [6.45, 7) is 3.84.